The van der Waals surface area contributed by atoms with Crippen molar-refractivity contribution >= 4 is 50.5 Å². The maximum atomic E-state index is 6.25. The lowest BCUT2D eigenvalue weighted by molar-refractivity contribution is 1.12. The Morgan fingerprint density at radius 3 is 2.45 bits per heavy atom. The monoisotopic (exact) mass is 372 g/mol. The lowest BCUT2D eigenvalue weighted by atomic mass is 10.2. The van der Waals surface area contributed by atoms with Crippen molar-refractivity contribution < 1.29 is 0 Å². The van der Waals surface area contributed by atoms with Gasteiger partial charge in [-0.15, -0.1) is 0 Å². The van der Waals surface area contributed by atoms with Crippen LogP contribution in [-0.4, -0.2) is 14.1 Å². The van der Waals surface area contributed by atoms with Gasteiger partial charge in [-0.25, -0.2) is 0 Å². The Hall–Kier alpha value is -0.900. The minimum absolute atomic E-state index is 0.649. The second kappa shape index (κ2) is 6.70. The molecule has 20 heavy (non-hydrogen) atoms. The molecule has 0 aromatic heterocycles. The van der Waals surface area contributed by atoms with Crippen molar-refractivity contribution in [1.82, 2.24) is 0 Å². The molecule has 2 aromatic carbocycles. The zero-order chi connectivity index (χ0) is 14.7. The molecule has 1 N–H and O–H groups in total. The van der Waals surface area contributed by atoms with Gasteiger partial charge in [-0.05, 0) is 42.0 Å². The molecule has 0 heterocycles. The van der Waals surface area contributed by atoms with Crippen LogP contribution in [0.2, 0.25) is 10.0 Å². The van der Waals surface area contributed by atoms with Crippen LogP contribution in [-0.2, 0) is 6.54 Å². The first-order valence-corrected chi connectivity index (χ1v) is 7.67. The van der Waals surface area contributed by atoms with Crippen molar-refractivity contribution in [3.05, 3.63) is 56.5 Å². The molecule has 0 atom stereocenters. The van der Waals surface area contributed by atoms with E-state index in [1.165, 1.54) is 0 Å². The largest absolute Gasteiger partial charge is 0.381 e. The van der Waals surface area contributed by atoms with Crippen molar-refractivity contribution in [3.63, 3.8) is 0 Å². The molecule has 2 nitrogen and oxygen atoms in total. The number of nitrogens with zero attached hydrogens (tertiary/aromatic N) is 1. The number of nitrogens with one attached hydrogen (secondary N) is 1. The molecule has 5 heteroatoms. The Labute approximate surface area is 137 Å². The van der Waals surface area contributed by atoms with Crippen LogP contribution < -0.4 is 10.2 Å². The van der Waals surface area contributed by atoms with Gasteiger partial charge in [-0.1, -0.05) is 39.1 Å². The molecule has 106 valence electrons. The first-order valence-electron chi connectivity index (χ1n) is 6.12. The van der Waals surface area contributed by atoms with Crippen LogP contribution in [0.5, 0.6) is 0 Å². The van der Waals surface area contributed by atoms with E-state index in [1.54, 1.807) is 0 Å². The van der Waals surface area contributed by atoms with Gasteiger partial charge in [0.15, 0.2) is 0 Å². The van der Waals surface area contributed by atoms with Crippen molar-refractivity contribution in [2.75, 3.05) is 24.3 Å². The lowest BCUT2D eigenvalue weighted by Gasteiger charge is -2.16. The number of rotatable bonds is 4. The van der Waals surface area contributed by atoms with Gasteiger partial charge in [-0.2, -0.15) is 0 Å². The minimum atomic E-state index is 0.649. The predicted molar refractivity (Wildman–Crippen MR) is 92.3 cm³/mol. The summed E-state index contributed by atoms with van der Waals surface area (Å²) in [6.07, 6.45) is 0. The van der Waals surface area contributed by atoms with Gasteiger partial charge in [0, 0.05) is 35.8 Å². The molecular weight excluding hydrogens is 359 g/mol. The molecule has 0 amide bonds. The van der Waals surface area contributed by atoms with E-state index >= 15 is 0 Å². The third kappa shape index (κ3) is 3.81. The normalized spacial score (nSPS) is 10.4. The van der Waals surface area contributed by atoms with E-state index in [0.717, 1.165) is 31.5 Å². The molecule has 0 radical (unpaired) electrons. The molecule has 0 fully saturated rings. The van der Waals surface area contributed by atoms with E-state index < -0.39 is 0 Å². The van der Waals surface area contributed by atoms with Gasteiger partial charge in [0.25, 0.3) is 0 Å². The number of hydrogen-bond donors (Lipinski definition) is 1. The molecular formula is C15H15BrCl2N2. The van der Waals surface area contributed by atoms with E-state index in [1.807, 2.05) is 55.4 Å². The zero-order valence-electron chi connectivity index (χ0n) is 11.3. The highest BCUT2D eigenvalue weighted by Crippen LogP contribution is 2.28. The third-order valence-electron chi connectivity index (χ3n) is 2.92. The molecule has 2 aromatic rings. The molecule has 2 rings (SSSR count). The summed E-state index contributed by atoms with van der Waals surface area (Å²) in [5, 5.41) is 4.80. The average molecular weight is 374 g/mol. The maximum absolute atomic E-state index is 6.25. The highest BCUT2D eigenvalue weighted by molar-refractivity contribution is 9.10. The van der Waals surface area contributed by atoms with Crippen LogP contribution in [0.3, 0.4) is 0 Å². The van der Waals surface area contributed by atoms with Gasteiger partial charge in [0.2, 0.25) is 0 Å². The molecule has 0 aliphatic carbocycles. The van der Waals surface area contributed by atoms with Gasteiger partial charge in [-0.3, -0.25) is 0 Å². The Morgan fingerprint density at radius 2 is 1.80 bits per heavy atom. The summed E-state index contributed by atoms with van der Waals surface area (Å²) in [4.78, 5) is 1.98. The fourth-order valence-electron chi connectivity index (χ4n) is 1.86. The average Bonchev–Trinajstić information content (AvgIpc) is 2.39. The highest BCUT2D eigenvalue weighted by atomic mass is 79.9. The minimum Gasteiger partial charge on any atom is -0.381 e. The van der Waals surface area contributed by atoms with Crippen LogP contribution >= 0.6 is 39.1 Å². The van der Waals surface area contributed by atoms with Crippen LogP contribution in [0, 0.1) is 0 Å². The zero-order valence-corrected chi connectivity index (χ0v) is 14.4. The predicted octanol–water partition coefficient (Wildman–Crippen LogP) is 5.43. The van der Waals surface area contributed by atoms with E-state index in [4.69, 9.17) is 23.2 Å². The molecule has 0 bridgehead atoms. The summed E-state index contributed by atoms with van der Waals surface area (Å²) in [5.41, 5.74) is 3.00. The number of anilines is 2. The maximum Gasteiger partial charge on any atom is 0.0659 e. The summed E-state index contributed by atoms with van der Waals surface area (Å²) in [6, 6.07) is 11.7. The van der Waals surface area contributed by atoms with Crippen molar-refractivity contribution in [2.24, 2.45) is 0 Å². The highest BCUT2D eigenvalue weighted by Gasteiger charge is 2.05. The molecule has 0 saturated carbocycles. The third-order valence-corrected chi connectivity index (χ3v) is 4.08. The quantitative estimate of drug-likeness (QED) is 0.768. The first-order chi connectivity index (χ1) is 9.47. The first kappa shape index (κ1) is 15.5. The van der Waals surface area contributed by atoms with Crippen LogP contribution in [0.15, 0.2) is 40.9 Å². The van der Waals surface area contributed by atoms with Crippen molar-refractivity contribution in [1.29, 1.82) is 0 Å². The molecule has 0 unspecified atom stereocenters. The fraction of sp³-hybridized carbons (Fsp3) is 0.200. The van der Waals surface area contributed by atoms with Crippen LogP contribution in [0.25, 0.3) is 0 Å². The summed E-state index contributed by atoms with van der Waals surface area (Å²) in [5.74, 6) is 0. The Balaban J connectivity index is 2.11. The van der Waals surface area contributed by atoms with E-state index in [0.29, 0.717) is 6.54 Å². The second-order valence-electron chi connectivity index (χ2n) is 4.65. The fourth-order valence-corrected chi connectivity index (χ4v) is 2.80. The lowest BCUT2D eigenvalue weighted by Crippen LogP contribution is -2.09. The van der Waals surface area contributed by atoms with Crippen molar-refractivity contribution in [3.8, 4) is 0 Å². The van der Waals surface area contributed by atoms with Crippen LogP contribution in [0.4, 0.5) is 11.4 Å². The Kier molecular flexibility index (Phi) is 5.19. The number of benzene rings is 2. The van der Waals surface area contributed by atoms with Gasteiger partial charge >= 0.3 is 0 Å². The summed E-state index contributed by atoms with van der Waals surface area (Å²) >= 11 is 15.9. The molecule has 0 aliphatic rings. The van der Waals surface area contributed by atoms with E-state index in [-0.39, 0.29) is 0 Å². The number of hydrogen-bond acceptors (Lipinski definition) is 2. The number of halogens is 3. The van der Waals surface area contributed by atoms with Gasteiger partial charge < -0.3 is 10.2 Å². The molecule has 0 aliphatic heterocycles. The van der Waals surface area contributed by atoms with E-state index in [9.17, 15) is 0 Å². The van der Waals surface area contributed by atoms with Gasteiger partial charge in [0.05, 0.1) is 10.7 Å². The van der Waals surface area contributed by atoms with Crippen LogP contribution in [0.1, 0.15) is 5.56 Å². The standard InChI is InChI=1S/C15H15BrCl2N2/c1-20(2)15-6-4-12(8-14(15)18)19-9-10-7-11(16)3-5-13(10)17/h3-8,19H,9H2,1-2H3. The topological polar surface area (TPSA) is 15.3 Å². The molecule has 0 saturated heterocycles. The Bertz CT molecular complexity index is 615. The van der Waals surface area contributed by atoms with Gasteiger partial charge in [0.1, 0.15) is 0 Å². The van der Waals surface area contributed by atoms with E-state index in [2.05, 4.69) is 21.2 Å². The summed E-state index contributed by atoms with van der Waals surface area (Å²) in [7, 11) is 3.94. The summed E-state index contributed by atoms with van der Waals surface area (Å²) < 4.78 is 1.01. The molecule has 0 spiro atoms. The summed E-state index contributed by atoms with van der Waals surface area (Å²) in [6.45, 7) is 0.649. The Morgan fingerprint density at radius 1 is 1.05 bits per heavy atom. The second-order valence-corrected chi connectivity index (χ2v) is 6.38. The SMILES string of the molecule is CN(C)c1ccc(NCc2cc(Br)ccc2Cl)cc1Cl. The van der Waals surface area contributed by atoms with Crippen molar-refractivity contribution in [2.45, 2.75) is 6.54 Å². The smallest absolute Gasteiger partial charge is 0.0659 e.